The largest absolute Gasteiger partial charge is 0.465 e. The molecule has 2 aliphatic heterocycles. The Labute approximate surface area is 225 Å². The van der Waals surface area contributed by atoms with Crippen LogP contribution in [0.25, 0.3) is 0 Å². The number of aromatic nitrogens is 3. The number of benzene rings is 1. The number of nitrogens with zero attached hydrogens (tertiary/aromatic N) is 7. The van der Waals surface area contributed by atoms with Gasteiger partial charge < -0.3 is 28.9 Å². The number of carboxylic acid groups (broad SMARTS) is 1. The van der Waals surface area contributed by atoms with Crippen molar-refractivity contribution in [1.82, 2.24) is 24.3 Å². The molecule has 3 aromatic rings. The van der Waals surface area contributed by atoms with Crippen LogP contribution in [0.15, 0.2) is 48.7 Å². The van der Waals surface area contributed by atoms with Crippen molar-refractivity contribution in [3.63, 3.8) is 0 Å². The Hall–Kier alpha value is -4.79. The van der Waals surface area contributed by atoms with E-state index < -0.39 is 18.2 Å². The summed E-state index contributed by atoms with van der Waals surface area (Å²) < 4.78 is 13.4. The maximum atomic E-state index is 12.9. The summed E-state index contributed by atoms with van der Waals surface area (Å²) >= 11 is 0. The summed E-state index contributed by atoms with van der Waals surface area (Å²) in [6, 6.07) is 15.2. The van der Waals surface area contributed by atoms with Gasteiger partial charge in [0.2, 0.25) is 0 Å². The second-order valence-electron chi connectivity index (χ2n) is 9.49. The molecule has 0 spiro atoms. The Morgan fingerprint density at radius 3 is 2.64 bits per heavy atom. The van der Waals surface area contributed by atoms with Crippen LogP contribution in [0.3, 0.4) is 0 Å². The lowest BCUT2D eigenvalue weighted by molar-refractivity contribution is 0.0767. The van der Waals surface area contributed by atoms with Gasteiger partial charge in [-0.25, -0.2) is 9.59 Å². The number of rotatable bonds is 7. The molecule has 1 saturated heterocycles. The Morgan fingerprint density at radius 1 is 1.10 bits per heavy atom. The second-order valence-corrected chi connectivity index (χ2v) is 9.49. The third kappa shape index (κ3) is 5.72. The molecule has 4 heterocycles. The van der Waals surface area contributed by atoms with Crippen LogP contribution in [0.5, 0.6) is 6.01 Å². The number of nitriles is 1. The van der Waals surface area contributed by atoms with Crippen molar-refractivity contribution in [3.8, 4) is 12.1 Å². The Bertz CT molecular complexity index is 1390. The van der Waals surface area contributed by atoms with Crippen LogP contribution in [0.2, 0.25) is 0 Å². The average Bonchev–Trinajstić information content (AvgIpc) is 3.57. The van der Waals surface area contributed by atoms with Crippen molar-refractivity contribution in [3.05, 3.63) is 71.2 Å². The number of fused-ring (bicyclic) bond motifs is 1. The predicted octanol–water partition coefficient (Wildman–Crippen LogP) is 3.13. The molecule has 5 rings (SSSR count). The van der Waals surface area contributed by atoms with Gasteiger partial charge in [0, 0.05) is 38.4 Å². The van der Waals surface area contributed by atoms with Crippen LogP contribution in [0, 0.1) is 11.3 Å². The normalized spacial score (nSPS) is 16.5. The van der Waals surface area contributed by atoms with E-state index >= 15 is 0 Å². The van der Waals surface area contributed by atoms with Crippen LogP contribution >= 0.6 is 0 Å². The monoisotopic (exact) mass is 531 g/mol. The van der Waals surface area contributed by atoms with Gasteiger partial charge in [-0.3, -0.25) is 4.90 Å². The molecular weight excluding hydrogens is 502 g/mol. The molecule has 1 unspecified atom stereocenters. The molecule has 12 heteroatoms. The van der Waals surface area contributed by atoms with Crippen molar-refractivity contribution in [2.45, 2.75) is 38.8 Å². The van der Waals surface area contributed by atoms with Gasteiger partial charge in [-0.1, -0.05) is 30.3 Å². The van der Waals surface area contributed by atoms with Gasteiger partial charge in [-0.2, -0.15) is 15.2 Å². The summed E-state index contributed by atoms with van der Waals surface area (Å²) in [6.07, 6.45) is 0.509. The van der Waals surface area contributed by atoms with Crippen LogP contribution < -0.4 is 9.64 Å². The van der Waals surface area contributed by atoms with Crippen LogP contribution in [-0.2, 0) is 38.1 Å². The number of carbonyl (C=O) groups is 2. The van der Waals surface area contributed by atoms with Gasteiger partial charge in [0.25, 0.3) is 0 Å². The molecule has 202 valence electrons. The number of piperazine rings is 1. The molecule has 1 fully saturated rings. The van der Waals surface area contributed by atoms with Crippen LogP contribution in [0.4, 0.5) is 15.4 Å². The van der Waals surface area contributed by atoms with Crippen LogP contribution in [0.1, 0.15) is 28.9 Å². The van der Waals surface area contributed by atoms with E-state index in [1.807, 2.05) is 65.2 Å². The van der Waals surface area contributed by atoms with E-state index in [0.29, 0.717) is 36.7 Å². The van der Waals surface area contributed by atoms with Crippen LogP contribution in [-0.4, -0.2) is 67.3 Å². The predicted molar refractivity (Wildman–Crippen MR) is 139 cm³/mol. The molecule has 2 aliphatic rings. The number of aryl methyl sites for hydroxylation is 1. The summed E-state index contributed by atoms with van der Waals surface area (Å²) in [4.78, 5) is 38.7. The molecular formula is C27H29N7O5. The molecule has 2 amide bonds. The molecule has 0 bridgehead atoms. The molecule has 0 radical (unpaired) electrons. The Kier molecular flexibility index (Phi) is 7.49. The van der Waals surface area contributed by atoms with Crippen molar-refractivity contribution in [1.29, 1.82) is 5.26 Å². The summed E-state index contributed by atoms with van der Waals surface area (Å²) in [6.45, 7) is 1.77. The average molecular weight is 532 g/mol. The minimum Gasteiger partial charge on any atom is -0.465 e. The van der Waals surface area contributed by atoms with E-state index in [2.05, 4.69) is 16.0 Å². The number of amides is 2. The van der Waals surface area contributed by atoms with Gasteiger partial charge in [-0.15, -0.1) is 0 Å². The Morgan fingerprint density at radius 2 is 1.92 bits per heavy atom. The highest BCUT2D eigenvalue weighted by atomic mass is 16.6. The highest BCUT2D eigenvalue weighted by Crippen LogP contribution is 2.33. The van der Waals surface area contributed by atoms with E-state index in [9.17, 15) is 20.0 Å². The van der Waals surface area contributed by atoms with Gasteiger partial charge in [0.1, 0.15) is 19.0 Å². The van der Waals surface area contributed by atoms with Gasteiger partial charge in [0.05, 0.1) is 43.0 Å². The van der Waals surface area contributed by atoms with Gasteiger partial charge in [0.15, 0.2) is 0 Å². The third-order valence-corrected chi connectivity index (χ3v) is 6.96. The van der Waals surface area contributed by atoms with E-state index in [1.54, 1.807) is 4.90 Å². The SMILES string of the molecule is Cn1cccc1COc1nc2c(c(N3CCN(C(=O)OCc4ccccc4)C(CC#N)C3)n1)CN(C(=O)O)C2. The standard InChI is InChI=1S/C27H29N7O5/c1-31-11-5-8-21(31)18-38-25-29-23-16-33(26(35)36)15-22(23)24(30-25)32-12-13-34(20(14-32)9-10-28)27(37)39-17-19-6-3-2-4-7-19/h2-8,11,20H,9,12-18H2,1H3,(H,35,36). The van der Waals surface area contributed by atoms with E-state index in [1.165, 1.54) is 4.90 Å². The lowest BCUT2D eigenvalue weighted by Crippen LogP contribution is -2.55. The first kappa shape index (κ1) is 25.8. The molecule has 1 aromatic carbocycles. The molecule has 1 N–H and O–H groups in total. The molecule has 12 nitrogen and oxygen atoms in total. The third-order valence-electron chi connectivity index (χ3n) is 6.96. The van der Waals surface area contributed by atoms with Crippen molar-refractivity contribution in [2.75, 3.05) is 24.5 Å². The Balaban J connectivity index is 1.35. The fourth-order valence-corrected chi connectivity index (χ4v) is 4.83. The van der Waals surface area contributed by atoms with Crippen molar-refractivity contribution >= 4 is 18.0 Å². The highest BCUT2D eigenvalue weighted by molar-refractivity contribution is 5.69. The minimum absolute atomic E-state index is 0.113. The number of ether oxygens (including phenoxy) is 2. The molecule has 39 heavy (non-hydrogen) atoms. The first-order valence-electron chi connectivity index (χ1n) is 12.6. The molecule has 0 saturated carbocycles. The van der Waals surface area contributed by atoms with E-state index in [0.717, 1.165) is 11.3 Å². The minimum atomic E-state index is -1.04. The highest BCUT2D eigenvalue weighted by Gasteiger charge is 2.36. The van der Waals surface area contributed by atoms with Gasteiger partial charge in [-0.05, 0) is 17.7 Å². The zero-order valence-electron chi connectivity index (χ0n) is 21.6. The van der Waals surface area contributed by atoms with E-state index in [-0.39, 0.29) is 38.7 Å². The molecule has 0 aliphatic carbocycles. The number of hydrogen-bond donors (Lipinski definition) is 1. The lowest BCUT2D eigenvalue weighted by Gasteiger charge is -2.40. The molecule has 1 atom stereocenters. The maximum Gasteiger partial charge on any atom is 0.410 e. The lowest BCUT2D eigenvalue weighted by atomic mass is 10.1. The fraction of sp³-hybridized carbons (Fsp3) is 0.370. The topological polar surface area (TPSA) is 137 Å². The zero-order chi connectivity index (χ0) is 27.4. The summed E-state index contributed by atoms with van der Waals surface area (Å²) in [5.41, 5.74) is 3.11. The van der Waals surface area contributed by atoms with Gasteiger partial charge >= 0.3 is 18.2 Å². The smallest absolute Gasteiger partial charge is 0.410 e. The number of anilines is 1. The first-order chi connectivity index (χ1) is 18.9. The summed E-state index contributed by atoms with van der Waals surface area (Å²) in [5, 5.41) is 19.1. The second kappa shape index (κ2) is 11.3. The zero-order valence-corrected chi connectivity index (χ0v) is 21.6. The first-order valence-corrected chi connectivity index (χ1v) is 12.6. The quantitative estimate of drug-likeness (QED) is 0.487. The molecule has 2 aromatic heterocycles. The van der Waals surface area contributed by atoms with Crippen molar-refractivity contribution in [2.24, 2.45) is 7.05 Å². The van der Waals surface area contributed by atoms with E-state index in [4.69, 9.17) is 9.47 Å². The summed E-state index contributed by atoms with van der Waals surface area (Å²) in [7, 11) is 1.91. The van der Waals surface area contributed by atoms with Crippen molar-refractivity contribution < 1.29 is 24.2 Å². The number of carbonyl (C=O) groups excluding carboxylic acids is 1. The fourth-order valence-electron chi connectivity index (χ4n) is 4.83. The maximum absolute atomic E-state index is 12.9. The summed E-state index contributed by atoms with van der Waals surface area (Å²) in [5.74, 6) is 0.561. The number of hydrogen-bond acceptors (Lipinski definition) is 8.